The molecule has 2 aromatic rings. The minimum absolute atomic E-state index is 0.0622. The second kappa shape index (κ2) is 9.38. The van der Waals surface area contributed by atoms with Gasteiger partial charge in [0.2, 0.25) is 10.0 Å². The van der Waals surface area contributed by atoms with Crippen molar-refractivity contribution in [1.29, 1.82) is 0 Å². The van der Waals surface area contributed by atoms with Crippen molar-refractivity contribution >= 4 is 10.0 Å². The first-order chi connectivity index (χ1) is 13.8. The molecule has 0 bridgehead atoms. The third kappa shape index (κ3) is 6.84. The predicted molar refractivity (Wildman–Crippen MR) is 107 cm³/mol. The summed E-state index contributed by atoms with van der Waals surface area (Å²) >= 11 is 0. The molecule has 0 saturated heterocycles. The number of hydrogen-bond donors (Lipinski definition) is 2. The molecule has 1 saturated carbocycles. The van der Waals surface area contributed by atoms with Crippen molar-refractivity contribution in [2.75, 3.05) is 12.4 Å². The number of hydrogen-bond acceptors (Lipinski definition) is 6. The van der Waals surface area contributed by atoms with E-state index in [0.29, 0.717) is 0 Å². The molecule has 1 unspecified atom stereocenters. The zero-order chi connectivity index (χ0) is 20.9. The Balaban J connectivity index is 1.43. The van der Waals surface area contributed by atoms with Gasteiger partial charge in [-0.05, 0) is 43.9 Å². The quantitative estimate of drug-likeness (QED) is 0.523. The Labute approximate surface area is 168 Å². The average Bonchev–Trinajstić information content (AvgIpc) is 3.47. The molecular formula is C19H25N3O6S. The van der Waals surface area contributed by atoms with Crippen molar-refractivity contribution in [1.82, 2.24) is 14.3 Å². The molecule has 3 rings (SSSR count). The van der Waals surface area contributed by atoms with Crippen LogP contribution in [0.1, 0.15) is 37.8 Å². The topological polar surface area (TPSA) is 119 Å². The van der Waals surface area contributed by atoms with Gasteiger partial charge in [-0.25, -0.2) is 17.9 Å². The zero-order valence-corrected chi connectivity index (χ0v) is 17.0. The van der Waals surface area contributed by atoms with Crippen LogP contribution in [0.25, 0.3) is 0 Å². The van der Waals surface area contributed by atoms with Crippen LogP contribution in [-0.2, 0) is 21.5 Å². The van der Waals surface area contributed by atoms with Crippen molar-refractivity contribution in [3.05, 3.63) is 62.9 Å². The molecule has 9 nitrogen and oxygen atoms in total. The Morgan fingerprint density at radius 2 is 2.07 bits per heavy atom. The number of sulfonamides is 1. The van der Waals surface area contributed by atoms with E-state index in [1.165, 1.54) is 16.8 Å². The summed E-state index contributed by atoms with van der Waals surface area (Å²) in [6, 6.07) is 8.27. The lowest BCUT2D eigenvalue weighted by Gasteiger charge is -2.16. The van der Waals surface area contributed by atoms with Gasteiger partial charge in [0.15, 0.2) is 0 Å². The Hall–Kier alpha value is -2.43. The molecule has 10 heteroatoms. The van der Waals surface area contributed by atoms with Crippen molar-refractivity contribution < 1.29 is 17.9 Å². The normalized spacial score (nSPS) is 15.2. The second-order valence-corrected chi connectivity index (χ2v) is 8.89. The molecule has 29 heavy (non-hydrogen) atoms. The van der Waals surface area contributed by atoms with Gasteiger partial charge in [-0.2, -0.15) is 0 Å². The maximum absolute atomic E-state index is 12.3. The number of benzene rings is 1. The van der Waals surface area contributed by atoms with Gasteiger partial charge in [-0.15, -0.1) is 0 Å². The molecule has 1 aliphatic rings. The van der Waals surface area contributed by atoms with E-state index >= 15 is 0 Å². The van der Waals surface area contributed by atoms with Crippen LogP contribution in [0.15, 0.2) is 46.1 Å². The SMILES string of the molecule is CC(NS(=O)(=O)CCCOCn1ccc(=O)[nH]c1=O)c1cccc(OC2CC2)c1. The van der Waals surface area contributed by atoms with E-state index in [1.54, 1.807) is 6.92 Å². The standard InChI is InChI=1S/C19H25N3O6S/c1-14(15-4-2-5-17(12-15)28-16-6-7-16)21-29(25,26)11-3-10-27-13-22-9-8-18(23)20-19(22)24/h2,4-5,8-9,12,14,16,21H,3,6-7,10-11,13H2,1H3,(H,20,23,24). The van der Waals surface area contributed by atoms with Crippen molar-refractivity contribution in [2.45, 2.75) is 45.1 Å². The summed E-state index contributed by atoms with van der Waals surface area (Å²) in [5.41, 5.74) is -0.226. The van der Waals surface area contributed by atoms with E-state index in [-0.39, 0.29) is 37.7 Å². The maximum atomic E-state index is 12.3. The summed E-state index contributed by atoms with van der Waals surface area (Å²) < 4.78 is 39.6. The van der Waals surface area contributed by atoms with Gasteiger partial charge in [-0.1, -0.05) is 12.1 Å². The van der Waals surface area contributed by atoms with Gasteiger partial charge >= 0.3 is 5.69 Å². The monoisotopic (exact) mass is 423 g/mol. The third-order valence-electron chi connectivity index (χ3n) is 4.37. The minimum atomic E-state index is -3.50. The van der Waals surface area contributed by atoms with Crippen LogP contribution in [0.2, 0.25) is 0 Å². The Morgan fingerprint density at radius 3 is 2.79 bits per heavy atom. The number of rotatable bonds is 11. The molecule has 1 atom stereocenters. The lowest BCUT2D eigenvalue weighted by molar-refractivity contribution is 0.0744. The highest BCUT2D eigenvalue weighted by molar-refractivity contribution is 7.89. The molecule has 1 heterocycles. The van der Waals surface area contributed by atoms with Gasteiger partial charge in [0, 0.05) is 24.9 Å². The highest BCUT2D eigenvalue weighted by Crippen LogP contribution is 2.28. The number of aromatic amines is 1. The fourth-order valence-corrected chi connectivity index (χ4v) is 3.98. The first-order valence-corrected chi connectivity index (χ1v) is 11.1. The van der Waals surface area contributed by atoms with Crippen molar-refractivity contribution in [3.8, 4) is 5.75 Å². The molecule has 2 N–H and O–H groups in total. The Bertz CT molecular complexity index is 1040. The largest absolute Gasteiger partial charge is 0.490 e. The van der Waals surface area contributed by atoms with Gasteiger partial charge in [0.25, 0.3) is 5.56 Å². The molecule has 0 amide bonds. The molecule has 0 aliphatic heterocycles. The summed E-state index contributed by atoms with van der Waals surface area (Å²) in [7, 11) is -3.50. The van der Waals surface area contributed by atoms with E-state index in [4.69, 9.17) is 9.47 Å². The highest BCUT2D eigenvalue weighted by Gasteiger charge is 2.24. The van der Waals surface area contributed by atoms with E-state index < -0.39 is 21.3 Å². The van der Waals surface area contributed by atoms with Crippen LogP contribution in [0.4, 0.5) is 0 Å². The van der Waals surface area contributed by atoms with Gasteiger partial charge in [-0.3, -0.25) is 14.3 Å². The number of nitrogens with one attached hydrogen (secondary N) is 2. The first kappa shape index (κ1) is 21.3. The zero-order valence-electron chi connectivity index (χ0n) is 16.2. The lowest BCUT2D eigenvalue weighted by Crippen LogP contribution is -2.30. The van der Waals surface area contributed by atoms with E-state index in [0.717, 1.165) is 24.2 Å². The van der Waals surface area contributed by atoms with Crippen molar-refractivity contribution in [2.24, 2.45) is 0 Å². The molecule has 0 radical (unpaired) electrons. The van der Waals surface area contributed by atoms with E-state index in [9.17, 15) is 18.0 Å². The Morgan fingerprint density at radius 1 is 1.28 bits per heavy atom. The number of aromatic nitrogens is 2. The third-order valence-corrected chi connectivity index (χ3v) is 5.91. The van der Waals surface area contributed by atoms with Crippen LogP contribution in [0, 0.1) is 0 Å². The smallest absolute Gasteiger partial charge is 0.330 e. The molecule has 158 valence electrons. The number of H-pyrrole nitrogens is 1. The van der Waals surface area contributed by atoms with Gasteiger partial charge in [0.1, 0.15) is 12.5 Å². The maximum Gasteiger partial charge on any atom is 0.330 e. The van der Waals surface area contributed by atoms with E-state index in [2.05, 4.69) is 9.71 Å². The first-order valence-electron chi connectivity index (χ1n) is 9.46. The molecular weight excluding hydrogens is 398 g/mol. The molecule has 1 aromatic carbocycles. The Kier molecular flexibility index (Phi) is 6.88. The van der Waals surface area contributed by atoms with Crippen LogP contribution in [-0.4, -0.2) is 36.4 Å². The number of ether oxygens (including phenoxy) is 2. The van der Waals surface area contributed by atoms with Crippen LogP contribution in [0.5, 0.6) is 5.75 Å². The number of nitrogens with zero attached hydrogens (tertiary/aromatic N) is 1. The van der Waals surface area contributed by atoms with E-state index in [1.807, 2.05) is 24.3 Å². The van der Waals surface area contributed by atoms with Crippen LogP contribution >= 0.6 is 0 Å². The van der Waals surface area contributed by atoms with Crippen molar-refractivity contribution in [3.63, 3.8) is 0 Å². The summed E-state index contributed by atoms with van der Waals surface area (Å²) in [5.74, 6) is 0.651. The fraction of sp³-hybridized carbons (Fsp3) is 0.474. The summed E-state index contributed by atoms with van der Waals surface area (Å²) in [6.45, 7) is 1.88. The summed E-state index contributed by atoms with van der Waals surface area (Å²) in [5, 5.41) is 0. The lowest BCUT2D eigenvalue weighted by atomic mass is 10.1. The molecule has 1 aliphatic carbocycles. The summed E-state index contributed by atoms with van der Waals surface area (Å²) in [4.78, 5) is 24.6. The molecule has 1 fully saturated rings. The fourth-order valence-electron chi connectivity index (χ4n) is 2.69. The second-order valence-electron chi connectivity index (χ2n) is 7.02. The highest BCUT2D eigenvalue weighted by atomic mass is 32.2. The average molecular weight is 423 g/mol. The molecule has 1 aromatic heterocycles. The summed E-state index contributed by atoms with van der Waals surface area (Å²) in [6.07, 6.45) is 3.99. The predicted octanol–water partition coefficient (Wildman–Crippen LogP) is 1.12. The van der Waals surface area contributed by atoms with Crippen LogP contribution in [0.3, 0.4) is 0 Å². The van der Waals surface area contributed by atoms with Gasteiger partial charge < -0.3 is 9.47 Å². The molecule has 0 spiro atoms. The van der Waals surface area contributed by atoms with Gasteiger partial charge in [0.05, 0.1) is 11.9 Å². The minimum Gasteiger partial charge on any atom is -0.490 e. The van der Waals surface area contributed by atoms with Crippen LogP contribution < -0.4 is 20.7 Å².